The summed E-state index contributed by atoms with van der Waals surface area (Å²) >= 11 is 7.21. The number of halogens is 2. The van der Waals surface area contributed by atoms with Crippen molar-refractivity contribution in [3.63, 3.8) is 0 Å². The maximum atomic E-state index is 13.3. The van der Waals surface area contributed by atoms with Crippen molar-refractivity contribution in [3.05, 3.63) is 139 Å². The van der Waals surface area contributed by atoms with Gasteiger partial charge in [0.25, 0.3) is 0 Å². The Morgan fingerprint density at radius 1 is 0.528 bits per heavy atom. The number of carbonyl (C=O) groups is 2. The molecule has 36 heavy (non-hydrogen) atoms. The van der Waals surface area contributed by atoms with Crippen LogP contribution >= 0.6 is 31.9 Å². The molecule has 7 rings (SSSR count). The molecule has 0 aliphatic heterocycles. The van der Waals surface area contributed by atoms with Gasteiger partial charge in [-0.3, -0.25) is 0 Å². The average molecular weight is 604 g/mol. The predicted molar refractivity (Wildman–Crippen MR) is 143 cm³/mol. The molecular formula is C30H20Br2O4. The van der Waals surface area contributed by atoms with Crippen molar-refractivity contribution < 1.29 is 19.1 Å². The molecule has 0 fully saturated rings. The molecule has 6 heteroatoms. The first kappa shape index (κ1) is 23.2. The van der Waals surface area contributed by atoms with E-state index < -0.39 is 24.1 Å². The minimum Gasteiger partial charge on any atom is -0.454 e. The second-order valence-corrected chi connectivity index (χ2v) is 10.8. The number of carbonyl (C=O) groups excluding carboxylic acids is 2. The first-order valence-corrected chi connectivity index (χ1v) is 13.2. The molecule has 0 heterocycles. The quantitative estimate of drug-likeness (QED) is 0.231. The molecule has 4 aromatic rings. The summed E-state index contributed by atoms with van der Waals surface area (Å²) in [5, 5.41) is 0. The second kappa shape index (κ2) is 9.34. The highest BCUT2D eigenvalue weighted by Crippen LogP contribution is 2.55. The van der Waals surface area contributed by atoms with E-state index in [4.69, 9.17) is 9.47 Å². The first-order valence-electron chi connectivity index (χ1n) is 11.6. The highest BCUT2D eigenvalue weighted by atomic mass is 79.9. The van der Waals surface area contributed by atoms with E-state index in [-0.39, 0.29) is 11.8 Å². The van der Waals surface area contributed by atoms with Crippen LogP contribution in [0.25, 0.3) is 0 Å². The SMILES string of the molecule is O=C(OC1C2c3ccc(Br)cc3C(c3ccc(Br)cc32)C1OC(=O)c1ccccc1)c1ccccc1. The number of hydrogen-bond acceptors (Lipinski definition) is 4. The number of hydrogen-bond donors (Lipinski definition) is 0. The maximum absolute atomic E-state index is 13.3. The number of rotatable bonds is 4. The third-order valence-electron chi connectivity index (χ3n) is 6.92. The summed E-state index contributed by atoms with van der Waals surface area (Å²) in [6, 6.07) is 30.1. The van der Waals surface area contributed by atoms with Crippen molar-refractivity contribution >= 4 is 43.8 Å². The molecule has 178 valence electrons. The lowest BCUT2D eigenvalue weighted by atomic mass is 9.61. The summed E-state index contributed by atoms with van der Waals surface area (Å²) in [4.78, 5) is 26.5. The zero-order chi connectivity index (χ0) is 24.8. The van der Waals surface area contributed by atoms with E-state index >= 15 is 0 Å². The van der Waals surface area contributed by atoms with E-state index in [2.05, 4.69) is 56.1 Å². The molecule has 4 nitrogen and oxygen atoms in total. The van der Waals surface area contributed by atoms with E-state index in [1.165, 1.54) is 0 Å². The number of fused-ring (bicyclic) bond motifs is 1. The van der Waals surface area contributed by atoms with Gasteiger partial charge in [-0.25, -0.2) is 9.59 Å². The largest absolute Gasteiger partial charge is 0.454 e. The first-order chi connectivity index (χ1) is 17.5. The second-order valence-electron chi connectivity index (χ2n) is 8.97. The van der Waals surface area contributed by atoms with Gasteiger partial charge >= 0.3 is 11.9 Å². The summed E-state index contributed by atoms with van der Waals surface area (Å²) in [6.07, 6.45) is -1.38. The number of ether oxygens (including phenoxy) is 2. The highest BCUT2D eigenvalue weighted by Gasteiger charge is 2.54. The average Bonchev–Trinajstić information content (AvgIpc) is 2.90. The van der Waals surface area contributed by atoms with Gasteiger partial charge in [0.05, 0.1) is 23.0 Å². The van der Waals surface area contributed by atoms with Crippen LogP contribution in [-0.2, 0) is 9.47 Å². The molecule has 0 N–H and O–H groups in total. The van der Waals surface area contributed by atoms with Gasteiger partial charge in [0.1, 0.15) is 0 Å². The molecule has 0 saturated heterocycles. The fraction of sp³-hybridized carbons (Fsp3) is 0.133. The van der Waals surface area contributed by atoms with Crippen molar-refractivity contribution in [1.82, 2.24) is 0 Å². The van der Waals surface area contributed by atoms with Crippen LogP contribution in [0.4, 0.5) is 0 Å². The summed E-state index contributed by atoms with van der Waals surface area (Å²) in [5.41, 5.74) is 5.21. The third-order valence-corrected chi connectivity index (χ3v) is 7.91. The van der Waals surface area contributed by atoms with Crippen LogP contribution in [0, 0.1) is 0 Å². The van der Waals surface area contributed by atoms with Gasteiger partial charge < -0.3 is 9.47 Å². The predicted octanol–water partition coefficient (Wildman–Crippen LogP) is 7.25. The molecule has 0 spiro atoms. The van der Waals surface area contributed by atoms with Gasteiger partial charge in [-0.1, -0.05) is 80.4 Å². The lowest BCUT2D eigenvalue weighted by Gasteiger charge is -2.49. The molecule has 4 unspecified atom stereocenters. The molecule has 0 saturated carbocycles. The lowest BCUT2D eigenvalue weighted by Crippen LogP contribution is -2.51. The Morgan fingerprint density at radius 3 is 1.31 bits per heavy atom. The van der Waals surface area contributed by atoms with Crippen molar-refractivity contribution in [2.45, 2.75) is 24.0 Å². The lowest BCUT2D eigenvalue weighted by molar-refractivity contribution is -0.0557. The Kier molecular flexibility index (Phi) is 6.02. The monoisotopic (exact) mass is 602 g/mol. The van der Waals surface area contributed by atoms with Crippen LogP contribution in [0.5, 0.6) is 0 Å². The van der Waals surface area contributed by atoms with Gasteiger partial charge in [0.2, 0.25) is 0 Å². The van der Waals surface area contributed by atoms with Gasteiger partial charge in [-0.15, -0.1) is 0 Å². The third kappa shape index (κ3) is 3.98. The topological polar surface area (TPSA) is 52.6 Å². The smallest absolute Gasteiger partial charge is 0.338 e. The van der Waals surface area contributed by atoms with Crippen molar-refractivity contribution in [3.8, 4) is 0 Å². The molecule has 4 atom stereocenters. The van der Waals surface area contributed by atoms with Crippen LogP contribution in [0.1, 0.15) is 54.8 Å². The van der Waals surface area contributed by atoms with Gasteiger partial charge in [0, 0.05) is 8.95 Å². The van der Waals surface area contributed by atoms with Crippen LogP contribution in [0.2, 0.25) is 0 Å². The normalized spacial score (nSPS) is 21.3. The molecule has 3 aliphatic carbocycles. The number of esters is 2. The summed E-state index contributed by atoms with van der Waals surface area (Å²) in [7, 11) is 0. The fourth-order valence-electron chi connectivity index (χ4n) is 5.42. The minimum atomic E-state index is -0.689. The van der Waals surface area contributed by atoms with Crippen LogP contribution in [0.3, 0.4) is 0 Å². The van der Waals surface area contributed by atoms with Crippen molar-refractivity contribution in [2.75, 3.05) is 0 Å². The zero-order valence-electron chi connectivity index (χ0n) is 18.9. The Hall–Kier alpha value is -3.22. The molecule has 0 aromatic heterocycles. The zero-order valence-corrected chi connectivity index (χ0v) is 22.1. The molecule has 0 radical (unpaired) electrons. The van der Waals surface area contributed by atoms with E-state index in [0.717, 1.165) is 31.2 Å². The van der Waals surface area contributed by atoms with Crippen LogP contribution in [0.15, 0.2) is 106 Å². The summed E-state index contributed by atoms with van der Waals surface area (Å²) < 4.78 is 14.3. The Morgan fingerprint density at radius 2 is 0.917 bits per heavy atom. The van der Waals surface area contributed by atoms with Gasteiger partial charge in [-0.2, -0.15) is 0 Å². The van der Waals surface area contributed by atoms with Crippen LogP contribution < -0.4 is 0 Å². The maximum Gasteiger partial charge on any atom is 0.338 e. The van der Waals surface area contributed by atoms with Crippen LogP contribution in [-0.4, -0.2) is 24.1 Å². The Labute approximate surface area is 225 Å². The van der Waals surface area contributed by atoms with Crippen molar-refractivity contribution in [1.29, 1.82) is 0 Å². The molecule has 2 bridgehead atoms. The minimum absolute atomic E-state index is 0.285. The summed E-state index contributed by atoms with van der Waals surface area (Å²) in [5.74, 6) is -1.45. The van der Waals surface area contributed by atoms with E-state index in [9.17, 15) is 9.59 Å². The van der Waals surface area contributed by atoms with Gasteiger partial charge in [-0.05, 0) is 70.8 Å². The molecule has 0 amide bonds. The molecule has 3 aliphatic rings. The molecule has 4 aromatic carbocycles. The van der Waals surface area contributed by atoms with Gasteiger partial charge in [0.15, 0.2) is 12.2 Å². The van der Waals surface area contributed by atoms with E-state index in [0.29, 0.717) is 11.1 Å². The molecular weight excluding hydrogens is 584 g/mol. The Bertz CT molecular complexity index is 1360. The summed E-state index contributed by atoms with van der Waals surface area (Å²) in [6.45, 7) is 0. The van der Waals surface area contributed by atoms with E-state index in [1.54, 1.807) is 48.5 Å². The fourth-order valence-corrected chi connectivity index (χ4v) is 6.18. The van der Waals surface area contributed by atoms with Crippen molar-refractivity contribution in [2.24, 2.45) is 0 Å². The highest BCUT2D eigenvalue weighted by molar-refractivity contribution is 9.10. The number of benzene rings is 4. The van der Waals surface area contributed by atoms with E-state index in [1.807, 2.05) is 24.3 Å². The standard InChI is InChI=1S/C30H20Br2O4/c31-19-12-14-22-23(15-19)25-21-13-11-20(32)16-24(21)26(22)28(36-30(34)18-9-5-2-6-10-18)27(25)35-29(33)17-7-3-1-4-8-17/h1-16,25-28H. The Balaban J connectivity index is 1.49.